The third kappa shape index (κ3) is 5.58. The van der Waals surface area contributed by atoms with Gasteiger partial charge in [-0.3, -0.25) is 10.1 Å². The van der Waals surface area contributed by atoms with Crippen molar-refractivity contribution in [2.24, 2.45) is 5.16 Å². The molecule has 1 aromatic carbocycles. The molecule has 11 heteroatoms. The van der Waals surface area contributed by atoms with Crippen molar-refractivity contribution in [1.82, 2.24) is 4.98 Å². The van der Waals surface area contributed by atoms with Crippen LogP contribution >= 0.6 is 11.3 Å². The molecule has 0 unspecified atom stereocenters. The fraction of sp³-hybridized carbons (Fsp3) is 0.389. The van der Waals surface area contributed by atoms with Crippen LogP contribution in [-0.4, -0.2) is 50.1 Å². The molecule has 2 aromatic rings. The highest BCUT2D eigenvalue weighted by Gasteiger charge is 2.22. The second-order valence-corrected chi connectivity index (χ2v) is 9.39. The number of sulfone groups is 1. The van der Waals surface area contributed by atoms with Crippen molar-refractivity contribution in [3.8, 4) is 0 Å². The number of oxime groups is 1. The molecule has 1 atom stereocenters. The fourth-order valence-electron chi connectivity index (χ4n) is 2.62. The molecule has 3 rings (SSSR count). The minimum absolute atomic E-state index is 0.0359. The van der Waals surface area contributed by atoms with E-state index in [2.05, 4.69) is 15.5 Å². The fourth-order valence-corrected chi connectivity index (χ4v) is 4.49. The number of benzene rings is 1. The number of hydrogen-bond acceptors (Lipinski definition) is 8. The predicted molar refractivity (Wildman–Crippen MR) is 106 cm³/mol. The highest BCUT2D eigenvalue weighted by Crippen LogP contribution is 2.18. The topological polar surface area (TPSA) is 107 Å². The number of carbonyl (C=O) groups is 1. The van der Waals surface area contributed by atoms with Crippen LogP contribution in [0.25, 0.3) is 0 Å². The van der Waals surface area contributed by atoms with Gasteiger partial charge in [0.2, 0.25) is 0 Å². The lowest BCUT2D eigenvalue weighted by Gasteiger charge is -2.10. The summed E-state index contributed by atoms with van der Waals surface area (Å²) < 4.78 is 42.8. The van der Waals surface area contributed by atoms with E-state index in [-0.39, 0.29) is 27.6 Å². The zero-order chi connectivity index (χ0) is 20.9. The second-order valence-electron chi connectivity index (χ2n) is 6.30. The Balaban J connectivity index is 1.85. The van der Waals surface area contributed by atoms with Gasteiger partial charge in [-0.25, -0.2) is 13.4 Å². The highest BCUT2D eigenvalue weighted by atomic mass is 32.2. The summed E-state index contributed by atoms with van der Waals surface area (Å²) in [6.45, 7) is 2.70. The van der Waals surface area contributed by atoms with Crippen LogP contribution in [0.3, 0.4) is 0 Å². The highest BCUT2D eigenvalue weighted by molar-refractivity contribution is 7.91. The number of rotatable bonds is 8. The maximum Gasteiger partial charge on any atom is 0.280 e. The van der Waals surface area contributed by atoms with Gasteiger partial charge in [0.15, 0.2) is 31.9 Å². The van der Waals surface area contributed by atoms with Crippen molar-refractivity contribution in [2.75, 3.05) is 24.3 Å². The Kier molecular flexibility index (Phi) is 6.93. The lowest BCUT2D eigenvalue weighted by molar-refractivity contribution is -0.110. The molecule has 1 aliphatic rings. The summed E-state index contributed by atoms with van der Waals surface area (Å²) in [6.07, 6.45) is 1.86. The normalized spacial score (nSPS) is 17.3. The molecule has 1 saturated heterocycles. The van der Waals surface area contributed by atoms with Crippen molar-refractivity contribution < 1.29 is 27.2 Å². The van der Waals surface area contributed by atoms with E-state index in [0.29, 0.717) is 43.0 Å². The number of carbonyl (C=O) groups excluding carboxylic acids is 1. The van der Waals surface area contributed by atoms with Crippen LogP contribution < -0.4 is 5.32 Å². The third-order valence-corrected chi connectivity index (χ3v) is 6.69. The van der Waals surface area contributed by atoms with Gasteiger partial charge in [0.25, 0.3) is 5.91 Å². The molecule has 1 aromatic heterocycles. The first kappa shape index (κ1) is 21.3. The molecule has 156 valence electrons. The first-order valence-corrected chi connectivity index (χ1v) is 11.4. The second kappa shape index (κ2) is 9.42. The molecule has 8 nitrogen and oxygen atoms in total. The summed E-state index contributed by atoms with van der Waals surface area (Å²) in [5.74, 6) is -0.615. The molecule has 0 saturated carbocycles. The van der Waals surface area contributed by atoms with E-state index in [1.165, 1.54) is 24.3 Å². The Morgan fingerprint density at radius 2 is 2.17 bits per heavy atom. The van der Waals surface area contributed by atoms with Gasteiger partial charge in [0.05, 0.1) is 30.1 Å². The van der Waals surface area contributed by atoms with Crippen LogP contribution in [0.1, 0.15) is 25.3 Å². The van der Waals surface area contributed by atoms with Gasteiger partial charge >= 0.3 is 0 Å². The SMILES string of the molecule is CCCS(=O)(=O)c1ccc(/C(=N\O[C@@H]2CCOC2)C(=O)Nc2ncc(F)s2)cc1. The van der Waals surface area contributed by atoms with Gasteiger partial charge in [-0.15, -0.1) is 0 Å². The van der Waals surface area contributed by atoms with Gasteiger partial charge in [-0.1, -0.05) is 35.5 Å². The number of ether oxygens (including phenoxy) is 1. The number of thiazole rings is 1. The van der Waals surface area contributed by atoms with Crippen LogP contribution in [0.5, 0.6) is 0 Å². The molecule has 1 aliphatic heterocycles. The molecule has 0 radical (unpaired) electrons. The lowest BCUT2D eigenvalue weighted by Crippen LogP contribution is -2.25. The van der Waals surface area contributed by atoms with Crippen LogP contribution in [-0.2, 0) is 24.2 Å². The number of halogens is 1. The van der Waals surface area contributed by atoms with E-state index >= 15 is 0 Å². The molecule has 29 heavy (non-hydrogen) atoms. The van der Waals surface area contributed by atoms with E-state index in [9.17, 15) is 17.6 Å². The van der Waals surface area contributed by atoms with Gasteiger partial charge < -0.3 is 9.57 Å². The van der Waals surface area contributed by atoms with Gasteiger partial charge in [0.1, 0.15) is 0 Å². The molecule has 2 heterocycles. The molecular weight excluding hydrogens is 421 g/mol. The number of nitrogens with one attached hydrogen (secondary N) is 1. The monoisotopic (exact) mass is 441 g/mol. The molecule has 1 fully saturated rings. The molecular formula is C18H20FN3O5S2. The van der Waals surface area contributed by atoms with E-state index < -0.39 is 20.9 Å². The summed E-state index contributed by atoms with van der Waals surface area (Å²) in [7, 11) is -3.38. The number of hydrogen-bond donors (Lipinski definition) is 1. The van der Waals surface area contributed by atoms with Crippen LogP contribution in [0, 0.1) is 5.13 Å². The van der Waals surface area contributed by atoms with E-state index in [4.69, 9.17) is 9.57 Å². The van der Waals surface area contributed by atoms with Crippen LogP contribution in [0.4, 0.5) is 9.52 Å². The van der Waals surface area contributed by atoms with Gasteiger partial charge in [0, 0.05) is 12.0 Å². The average Bonchev–Trinajstić information content (AvgIpc) is 3.34. The predicted octanol–water partition coefficient (Wildman–Crippen LogP) is 2.61. The van der Waals surface area contributed by atoms with E-state index in [1.54, 1.807) is 6.92 Å². The van der Waals surface area contributed by atoms with E-state index in [0.717, 1.165) is 6.20 Å². The minimum atomic E-state index is -3.38. The Morgan fingerprint density at radius 3 is 2.76 bits per heavy atom. The maximum absolute atomic E-state index is 13.2. The number of nitrogens with zero attached hydrogens (tertiary/aromatic N) is 2. The minimum Gasteiger partial charge on any atom is -0.389 e. The number of anilines is 1. The Morgan fingerprint density at radius 1 is 1.41 bits per heavy atom. The molecule has 0 aliphatic carbocycles. The van der Waals surface area contributed by atoms with Gasteiger partial charge in [-0.2, -0.15) is 4.39 Å². The number of amides is 1. The van der Waals surface area contributed by atoms with Crippen molar-refractivity contribution >= 4 is 37.9 Å². The largest absolute Gasteiger partial charge is 0.389 e. The zero-order valence-corrected chi connectivity index (χ0v) is 17.3. The van der Waals surface area contributed by atoms with Crippen molar-refractivity contribution in [2.45, 2.75) is 30.8 Å². The standard InChI is InChI=1S/C18H20FN3O5S2/c1-2-9-29(24,25)14-5-3-12(4-6-14)16(22-27-13-7-8-26-11-13)17(23)21-18-20-10-15(19)28-18/h3-6,10,13H,2,7-9,11H2,1H3,(H,20,21,23)/b22-16+/t13-/m1/s1. The first-order valence-electron chi connectivity index (χ1n) is 8.96. The summed E-state index contributed by atoms with van der Waals surface area (Å²) in [4.78, 5) is 22.0. The van der Waals surface area contributed by atoms with Gasteiger partial charge in [-0.05, 0) is 18.6 Å². The third-order valence-electron chi connectivity index (χ3n) is 4.05. The molecule has 0 spiro atoms. The molecule has 1 amide bonds. The quantitative estimate of drug-likeness (QED) is 0.499. The summed E-state index contributed by atoms with van der Waals surface area (Å²) in [5.41, 5.74) is 0.279. The van der Waals surface area contributed by atoms with E-state index in [1.807, 2.05) is 0 Å². The smallest absolute Gasteiger partial charge is 0.280 e. The summed E-state index contributed by atoms with van der Waals surface area (Å²) in [5, 5.41) is 5.97. The van der Waals surface area contributed by atoms with Crippen LogP contribution in [0.15, 0.2) is 40.5 Å². The average molecular weight is 442 g/mol. The Labute approximate surface area is 171 Å². The van der Waals surface area contributed by atoms with Crippen molar-refractivity contribution in [3.63, 3.8) is 0 Å². The maximum atomic E-state index is 13.2. The van der Waals surface area contributed by atoms with Crippen molar-refractivity contribution in [3.05, 3.63) is 41.2 Å². The zero-order valence-electron chi connectivity index (χ0n) is 15.6. The Bertz CT molecular complexity index is 983. The summed E-state index contributed by atoms with van der Waals surface area (Å²) >= 11 is 0.678. The Hall–Kier alpha value is -2.37. The van der Waals surface area contributed by atoms with Crippen molar-refractivity contribution in [1.29, 1.82) is 0 Å². The molecule has 0 bridgehead atoms. The number of aromatic nitrogens is 1. The first-order chi connectivity index (χ1) is 13.9. The summed E-state index contributed by atoms with van der Waals surface area (Å²) in [6, 6.07) is 5.81. The van der Waals surface area contributed by atoms with Crippen LogP contribution in [0.2, 0.25) is 0 Å². The lowest BCUT2D eigenvalue weighted by atomic mass is 10.1. The molecule has 1 N–H and O–H groups in total.